The first-order valence-corrected chi connectivity index (χ1v) is 8.10. The molecule has 1 aliphatic rings. The van der Waals surface area contributed by atoms with E-state index < -0.39 is 0 Å². The van der Waals surface area contributed by atoms with E-state index in [9.17, 15) is 4.79 Å². The third-order valence-electron chi connectivity index (χ3n) is 3.67. The summed E-state index contributed by atoms with van der Waals surface area (Å²) >= 11 is 1.67. The second-order valence-electron chi connectivity index (χ2n) is 5.28. The molecular formula is C14H20ClN5OS. The van der Waals surface area contributed by atoms with Crippen LogP contribution in [-0.4, -0.2) is 40.5 Å². The lowest BCUT2D eigenvalue weighted by atomic mass is 10.1. The zero-order valence-electron chi connectivity index (χ0n) is 12.2. The van der Waals surface area contributed by atoms with Crippen molar-refractivity contribution in [2.45, 2.75) is 19.4 Å². The Balaban J connectivity index is 0.00000176. The normalized spacial score (nSPS) is 17.2. The molecule has 2 N–H and O–H groups in total. The second kappa shape index (κ2) is 8.26. The number of carbonyl (C=O) groups is 1. The predicted octanol–water partition coefficient (Wildman–Crippen LogP) is 1.54. The van der Waals surface area contributed by atoms with Gasteiger partial charge in [-0.1, -0.05) is 11.3 Å². The highest BCUT2D eigenvalue weighted by Crippen LogP contribution is 2.11. The molecule has 0 aromatic carbocycles. The largest absolute Gasteiger partial charge is 0.351 e. The number of nitrogens with zero attached hydrogens (tertiary/aromatic N) is 3. The number of thiophene rings is 1. The summed E-state index contributed by atoms with van der Waals surface area (Å²) in [5, 5.41) is 16.2. The molecule has 0 radical (unpaired) electrons. The molecular weight excluding hydrogens is 322 g/mol. The molecule has 2 aromatic heterocycles. The van der Waals surface area contributed by atoms with Gasteiger partial charge in [0.05, 0.1) is 12.7 Å². The Morgan fingerprint density at radius 2 is 2.45 bits per heavy atom. The Hall–Kier alpha value is -1.44. The third kappa shape index (κ3) is 4.53. The first-order valence-electron chi connectivity index (χ1n) is 7.22. The smallest absolute Gasteiger partial charge is 0.273 e. The van der Waals surface area contributed by atoms with E-state index in [-0.39, 0.29) is 18.3 Å². The van der Waals surface area contributed by atoms with Gasteiger partial charge in [-0.05, 0) is 43.3 Å². The molecule has 22 heavy (non-hydrogen) atoms. The Labute approximate surface area is 139 Å². The lowest BCUT2D eigenvalue weighted by Crippen LogP contribution is -2.26. The van der Waals surface area contributed by atoms with Gasteiger partial charge in [0.25, 0.3) is 5.91 Å². The Morgan fingerprint density at radius 1 is 1.55 bits per heavy atom. The van der Waals surface area contributed by atoms with Gasteiger partial charge in [-0.25, -0.2) is 4.68 Å². The molecule has 1 amide bonds. The molecule has 3 heterocycles. The number of amides is 1. The maximum atomic E-state index is 12.0. The summed E-state index contributed by atoms with van der Waals surface area (Å²) in [6, 6.07) is 4.05. The summed E-state index contributed by atoms with van der Waals surface area (Å²) in [6.07, 6.45) is 3.92. The minimum atomic E-state index is -0.140. The van der Waals surface area contributed by atoms with Crippen LogP contribution in [0, 0.1) is 5.92 Å². The van der Waals surface area contributed by atoms with Gasteiger partial charge in [-0.15, -0.1) is 28.8 Å². The topological polar surface area (TPSA) is 71.8 Å². The highest BCUT2D eigenvalue weighted by molar-refractivity contribution is 7.09. The standard InChI is InChI=1S/C14H19N5OS.ClH/c20-14(16-6-4-11-3-5-15-8-11)13-10-19(18-17-13)9-12-2-1-7-21-12;/h1-2,7,10-11,15H,3-6,8-9H2,(H,16,20);1H. The molecule has 8 heteroatoms. The van der Waals surface area contributed by atoms with E-state index in [1.165, 1.54) is 11.3 Å². The van der Waals surface area contributed by atoms with Gasteiger partial charge in [-0.2, -0.15) is 0 Å². The quantitative estimate of drug-likeness (QED) is 0.836. The SMILES string of the molecule is Cl.O=C(NCCC1CCNC1)c1cn(Cc2cccs2)nn1. The summed E-state index contributed by atoms with van der Waals surface area (Å²) in [5.74, 6) is 0.540. The molecule has 1 aliphatic heterocycles. The lowest BCUT2D eigenvalue weighted by Gasteiger charge is -2.08. The summed E-state index contributed by atoms with van der Waals surface area (Å²) in [6.45, 7) is 3.51. The number of aromatic nitrogens is 3. The number of hydrogen-bond donors (Lipinski definition) is 2. The van der Waals surface area contributed by atoms with Crippen LogP contribution >= 0.6 is 23.7 Å². The van der Waals surface area contributed by atoms with Crippen molar-refractivity contribution >= 4 is 29.7 Å². The molecule has 1 atom stereocenters. The average Bonchev–Trinajstić information content (AvgIpc) is 3.20. The number of halogens is 1. The van der Waals surface area contributed by atoms with Crippen LogP contribution in [0.4, 0.5) is 0 Å². The van der Waals surface area contributed by atoms with Gasteiger partial charge in [0, 0.05) is 11.4 Å². The van der Waals surface area contributed by atoms with Gasteiger partial charge >= 0.3 is 0 Å². The summed E-state index contributed by atoms with van der Waals surface area (Å²) < 4.78 is 1.70. The van der Waals surface area contributed by atoms with Gasteiger partial charge in [-0.3, -0.25) is 4.79 Å². The first kappa shape index (κ1) is 16.9. The zero-order valence-corrected chi connectivity index (χ0v) is 13.8. The molecule has 0 saturated carbocycles. The molecule has 6 nitrogen and oxygen atoms in total. The number of carbonyl (C=O) groups excluding carboxylic acids is 1. The fourth-order valence-corrected chi connectivity index (χ4v) is 3.18. The summed E-state index contributed by atoms with van der Waals surface area (Å²) in [4.78, 5) is 13.2. The van der Waals surface area contributed by atoms with Crippen LogP contribution in [0.25, 0.3) is 0 Å². The average molecular weight is 342 g/mol. The van der Waals surface area contributed by atoms with Crippen LogP contribution in [0.1, 0.15) is 28.2 Å². The van der Waals surface area contributed by atoms with E-state index in [0.29, 0.717) is 24.7 Å². The summed E-state index contributed by atoms with van der Waals surface area (Å²) in [5.41, 5.74) is 0.385. The van der Waals surface area contributed by atoms with Crippen LogP contribution in [-0.2, 0) is 6.54 Å². The van der Waals surface area contributed by atoms with Crippen LogP contribution in [0.15, 0.2) is 23.7 Å². The van der Waals surface area contributed by atoms with Gasteiger partial charge in [0.2, 0.25) is 0 Å². The molecule has 1 saturated heterocycles. The van der Waals surface area contributed by atoms with Crippen molar-refractivity contribution in [1.29, 1.82) is 0 Å². The van der Waals surface area contributed by atoms with Gasteiger partial charge in [0.1, 0.15) is 0 Å². The molecule has 1 unspecified atom stereocenters. The van der Waals surface area contributed by atoms with Crippen molar-refractivity contribution in [2.24, 2.45) is 5.92 Å². The first-order chi connectivity index (χ1) is 10.3. The van der Waals surface area contributed by atoms with E-state index >= 15 is 0 Å². The molecule has 0 aliphatic carbocycles. The fourth-order valence-electron chi connectivity index (χ4n) is 2.48. The monoisotopic (exact) mass is 341 g/mol. The van der Waals surface area contributed by atoms with Crippen molar-refractivity contribution in [2.75, 3.05) is 19.6 Å². The predicted molar refractivity (Wildman–Crippen MR) is 88.6 cm³/mol. The minimum Gasteiger partial charge on any atom is -0.351 e. The third-order valence-corrected chi connectivity index (χ3v) is 4.53. The van der Waals surface area contributed by atoms with Crippen molar-refractivity contribution < 1.29 is 4.79 Å². The van der Waals surface area contributed by atoms with Crippen LogP contribution < -0.4 is 10.6 Å². The second-order valence-corrected chi connectivity index (χ2v) is 6.32. The molecule has 1 fully saturated rings. The van der Waals surface area contributed by atoms with Gasteiger partial charge in [0.15, 0.2) is 5.69 Å². The van der Waals surface area contributed by atoms with E-state index in [1.54, 1.807) is 22.2 Å². The lowest BCUT2D eigenvalue weighted by molar-refractivity contribution is 0.0946. The maximum Gasteiger partial charge on any atom is 0.273 e. The highest BCUT2D eigenvalue weighted by Gasteiger charge is 2.15. The number of nitrogens with one attached hydrogen (secondary N) is 2. The number of rotatable bonds is 6. The fraction of sp³-hybridized carbons (Fsp3) is 0.500. The Morgan fingerprint density at radius 3 is 3.18 bits per heavy atom. The van der Waals surface area contributed by atoms with Crippen molar-refractivity contribution in [3.63, 3.8) is 0 Å². The van der Waals surface area contributed by atoms with Crippen molar-refractivity contribution in [3.8, 4) is 0 Å². The maximum absolute atomic E-state index is 12.0. The van der Waals surface area contributed by atoms with E-state index in [1.807, 2.05) is 17.5 Å². The highest BCUT2D eigenvalue weighted by atomic mass is 35.5. The molecule has 0 bridgehead atoms. The van der Waals surface area contributed by atoms with Crippen LogP contribution in [0.3, 0.4) is 0 Å². The summed E-state index contributed by atoms with van der Waals surface area (Å²) in [7, 11) is 0. The Bertz CT molecular complexity index is 580. The Kier molecular flexibility index (Phi) is 6.35. The van der Waals surface area contributed by atoms with E-state index in [0.717, 1.165) is 19.5 Å². The van der Waals surface area contributed by atoms with Gasteiger partial charge < -0.3 is 10.6 Å². The minimum absolute atomic E-state index is 0. The van der Waals surface area contributed by atoms with Crippen LogP contribution in [0.2, 0.25) is 0 Å². The van der Waals surface area contributed by atoms with Crippen molar-refractivity contribution in [1.82, 2.24) is 25.6 Å². The van der Waals surface area contributed by atoms with Crippen molar-refractivity contribution in [3.05, 3.63) is 34.3 Å². The van der Waals surface area contributed by atoms with Crippen LogP contribution in [0.5, 0.6) is 0 Å². The van der Waals surface area contributed by atoms with E-state index in [4.69, 9.17) is 0 Å². The zero-order chi connectivity index (χ0) is 14.5. The molecule has 120 valence electrons. The van der Waals surface area contributed by atoms with E-state index in [2.05, 4.69) is 20.9 Å². The molecule has 3 rings (SSSR count). The number of hydrogen-bond acceptors (Lipinski definition) is 5. The molecule has 2 aromatic rings. The molecule has 0 spiro atoms.